The third-order valence-electron chi connectivity index (χ3n) is 3.93. The van der Waals surface area contributed by atoms with E-state index in [1.807, 2.05) is 48.5 Å². The molecule has 2 N–H and O–H groups in total. The zero-order valence-electron chi connectivity index (χ0n) is 13.3. The molecule has 6 nitrogen and oxygen atoms in total. The van der Waals surface area contributed by atoms with Gasteiger partial charge in [0.25, 0.3) is 5.91 Å². The Morgan fingerprint density at radius 1 is 1.20 bits per heavy atom. The van der Waals surface area contributed by atoms with E-state index in [1.54, 1.807) is 17.8 Å². The van der Waals surface area contributed by atoms with Gasteiger partial charge in [-0.05, 0) is 37.3 Å². The van der Waals surface area contributed by atoms with E-state index in [9.17, 15) is 4.79 Å². The molecule has 4 rings (SSSR count). The van der Waals surface area contributed by atoms with Gasteiger partial charge in [0.15, 0.2) is 0 Å². The SMILES string of the molecule is Cc1nn(-c2ccccc2)c(Cl)c1C(=O)Nc1ccc2[nH]ncc2c1. The highest BCUT2D eigenvalue weighted by Crippen LogP contribution is 2.25. The second-order valence-electron chi connectivity index (χ2n) is 5.62. The van der Waals surface area contributed by atoms with Gasteiger partial charge in [-0.3, -0.25) is 9.89 Å². The number of aromatic amines is 1. The molecule has 4 aromatic rings. The van der Waals surface area contributed by atoms with Crippen LogP contribution in [0.2, 0.25) is 5.15 Å². The van der Waals surface area contributed by atoms with E-state index in [0.29, 0.717) is 16.9 Å². The van der Waals surface area contributed by atoms with Crippen LogP contribution in [0.5, 0.6) is 0 Å². The van der Waals surface area contributed by atoms with E-state index >= 15 is 0 Å². The van der Waals surface area contributed by atoms with Crippen molar-refractivity contribution >= 4 is 34.1 Å². The molecule has 0 fully saturated rings. The summed E-state index contributed by atoms with van der Waals surface area (Å²) >= 11 is 6.43. The molecule has 0 saturated carbocycles. The first-order valence-electron chi connectivity index (χ1n) is 7.68. The summed E-state index contributed by atoms with van der Waals surface area (Å²) in [4.78, 5) is 12.7. The van der Waals surface area contributed by atoms with Crippen molar-refractivity contribution in [3.63, 3.8) is 0 Å². The van der Waals surface area contributed by atoms with Gasteiger partial charge in [-0.1, -0.05) is 29.8 Å². The number of hydrogen-bond acceptors (Lipinski definition) is 3. The smallest absolute Gasteiger partial charge is 0.260 e. The quantitative estimate of drug-likeness (QED) is 0.586. The Bertz CT molecular complexity index is 1070. The first-order valence-corrected chi connectivity index (χ1v) is 8.06. The predicted molar refractivity (Wildman–Crippen MR) is 97.4 cm³/mol. The van der Waals surface area contributed by atoms with Gasteiger partial charge in [-0.15, -0.1) is 0 Å². The Balaban J connectivity index is 1.67. The van der Waals surface area contributed by atoms with Crippen LogP contribution in [-0.2, 0) is 0 Å². The van der Waals surface area contributed by atoms with Gasteiger partial charge in [0.05, 0.1) is 23.1 Å². The fourth-order valence-corrected chi connectivity index (χ4v) is 3.07. The molecular formula is C18H14ClN5O. The third kappa shape index (κ3) is 2.77. The lowest BCUT2D eigenvalue weighted by Crippen LogP contribution is -2.13. The van der Waals surface area contributed by atoms with E-state index in [0.717, 1.165) is 16.6 Å². The number of para-hydroxylation sites is 1. The van der Waals surface area contributed by atoms with Crippen LogP contribution in [0.4, 0.5) is 5.69 Å². The largest absolute Gasteiger partial charge is 0.322 e. The van der Waals surface area contributed by atoms with E-state index < -0.39 is 0 Å². The molecule has 0 radical (unpaired) electrons. The number of amides is 1. The molecule has 2 aromatic heterocycles. The van der Waals surface area contributed by atoms with Gasteiger partial charge in [-0.25, -0.2) is 4.68 Å². The molecule has 0 bridgehead atoms. The number of rotatable bonds is 3. The Morgan fingerprint density at radius 3 is 2.80 bits per heavy atom. The highest BCUT2D eigenvalue weighted by Gasteiger charge is 2.21. The lowest BCUT2D eigenvalue weighted by molar-refractivity contribution is 0.102. The number of anilines is 1. The van der Waals surface area contributed by atoms with Crippen molar-refractivity contribution < 1.29 is 4.79 Å². The molecule has 7 heteroatoms. The van der Waals surface area contributed by atoms with Crippen molar-refractivity contribution in [3.8, 4) is 5.69 Å². The summed E-state index contributed by atoms with van der Waals surface area (Å²) in [5, 5.41) is 15.3. The van der Waals surface area contributed by atoms with Crippen LogP contribution >= 0.6 is 11.6 Å². The normalized spacial score (nSPS) is 11.0. The number of aryl methyl sites for hydroxylation is 1. The van der Waals surface area contributed by atoms with Crippen LogP contribution in [0, 0.1) is 6.92 Å². The summed E-state index contributed by atoms with van der Waals surface area (Å²) in [7, 11) is 0. The number of benzene rings is 2. The standard InChI is InChI=1S/C18H14ClN5O/c1-11-16(17(19)24(23-11)14-5-3-2-4-6-14)18(25)21-13-7-8-15-12(9-13)10-20-22-15/h2-10H,1H3,(H,20,22)(H,21,25). The number of nitrogens with zero attached hydrogens (tertiary/aromatic N) is 3. The topological polar surface area (TPSA) is 75.6 Å². The average Bonchev–Trinajstić information content (AvgIpc) is 3.19. The molecule has 25 heavy (non-hydrogen) atoms. The van der Waals surface area contributed by atoms with E-state index in [-0.39, 0.29) is 11.1 Å². The minimum Gasteiger partial charge on any atom is -0.322 e. The number of nitrogens with one attached hydrogen (secondary N) is 2. The van der Waals surface area contributed by atoms with E-state index in [2.05, 4.69) is 20.6 Å². The first-order chi connectivity index (χ1) is 12.1. The van der Waals surface area contributed by atoms with Crippen LogP contribution in [0.15, 0.2) is 54.7 Å². The van der Waals surface area contributed by atoms with Crippen molar-refractivity contribution in [2.45, 2.75) is 6.92 Å². The number of carbonyl (C=O) groups excluding carboxylic acids is 1. The van der Waals surface area contributed by atoms with Crippen LogP contribution < -0.4 is 5.32 Å². The maximum absolute atomic E-state index is 12.7. The van der Waals surface area contributed by atoms with Crippen molar-refractivity contribution in [1.82, 2.24) is 20.0 Å². The third-order valence-corrected chi connectivity index (χ3v) is 4.28. The summed E-state index contributed by atoms with van der Waals surface area (Å²) in [6.07, 6.45) is 1.71. The molecular weight excluding hydrogens is 338 g/mol. The molecule has 124 valence electrons. The maximum Gasteiger partial charge on any atom is 0.260 e. The summed E-state index contributed by atoms with van der Waals surface area (Å²) in [5.41, 5.74) is 3.30. The number of fused-ring (bicyclic) bond motifs is 1. The Labute approximate surface area is 148 Å². The molecule has 0 aliphatic carbocycles. The van der Waals surface area contributed by atoms with Gasteiger partial charge in [-0.2, -0.15) is 10.2 Å². The average molecular weight is 352 g/mol. The van der Waals surface area contributed by atoms with Crippen molar-refractivity contribution in [2.24, 2.45) is 0 Å². The zero-order chi connectivity index (χ0) is 17.4. The van der Waals surface area contributed by atoms with Gasteiger partial charge >= 0.3 is 0 Å². The predicted octanol–water partition coefficient (Wildman–Crippen LogP) is 3.96. The van der Waals surface area contributed by atoms with Gasteiger partial charge < -0.3 is 5.32 Å². The summed E-state index contributed by atoms with van der Waals surface area (Å²) in [6, 6.07) is 15.0. The number of aromatic nitrogens is 4. The molecule has 0 aliphatic rings. The number of halogens is 1. The first kappa shape index (κ1) is 15.4. The molecule has 0 spiro atoms. The van der Waals surface area contributed by atoms with Crippen LogP contribution in [0.25, 0.3) is 16.6 Å². The van der Waals surface area contributed by atoms with Crippen LogP contribution in [0.1, 0.15) is 16.1 Å². The summed E-state index contributed by atoms with van der Waals surface area (Å²) in [6.45, 7) is 1.76. The van der Waals surface area contributed by atoms with E-state index in [4.69, 9.17) is 11.6 Å². The Hall–Kier alpha value is -3.12. The molecule has 0 atom stereocenters. The highest BCUT2D eigenvalue weighted by atomic mass is 35.5. The molecule has 0 saturated heterocycles. The second-order valence-corrected chi connectivity index (χ2v) is 5.98. The monoisotopic (exact) mass is 351 g/mol. The number of H-pyrrole nitrogens is 1. The zero-order valence-corrected chi connectivity index (χ0v) is 14.1. The van der Waals surface area contributed by atoms with Crippen LogP contribution in [-0.4, -0.2) is 25.9 Å². The molecule has 0 aliphatic heterocycles. The number of hydrogen-bond donors (Lipinski definition) is 2. The minimum absolute atomic E-state index is 0.283. The van der Waals surface area contributed by atoms with Crippen molar-refractivity contribution in [2.75, 3.05) is 5.32 Å². The second kappa shape index (κ2) is 6.07. The maximum atomic E-state index is 12.7. The van der Waals surface area contributed by atoms with Crippen LogP contribution in [0.3, 0.4) is 0 Å². The van der Waals surface area contributed by atoms with E-state index in [1.165, 1.54) is 0 Å². The lowest BCUT2D eigenvalue weighted by atomic mass is 10.2. The van der Waals surface area contributed by atoms with Crippen molar-refractivity contribution in [3.05, 3.63) is 71.1 Å². The summed E-state index contributed by atoms with van der Waals surface area (Å²) in [5.74, 6) is -0.299. The fourth-order valence-electron chi connectivity index (χ4n) is 2.71. The minimum atomic E-state index is -0.299. The summed E-state index contributed by atoms with van der Waals surface area (Å²) < 4.78 is 1.56. The lowest BCUT2D eigenvalue weighted by Gasteiger charge is -2.06. The Kier molecular flexibility index (Phi) is 3.74. The van der Waals surface area contributed by atoms with Gasteiger partial charge in [0.1, 0.15) is 10.7 Å². The van der Waals surface area contributed by atoms with Crippen molar-refractivity contribution in [1.29, 1.82) is 0 Å². The van der Waals surface area contributed by atoms with Gasteiger partial charge in [0, 0.05) is 11.1 Å². The molecule has 2 aromatic carbocycles. The highest BCUT2D eigenvalue weighted by molar-refractivity contribution is 6.34. The molecule has 0 unspecified atom stereocenters. The fraction of sp³-hybridized carbons (Fsp3) is 0.0556. The Morgan fingerprint density at radius 2 is 2.00 bits per heavy atom. The number of carbonyl (C=O) groups is 1. The molecule has 2 heterocycles. The van der Waals surface area contributed by atoms with Gasteiger partial charge in [0.2, 0.25) is 0 Å². The molecule has 1 amide bonds.